The number of phenolic OH excluding ortho intramolecular Hbond substituents is 1. The summed E-state index contributed by atoms with van der Waals surface area (Å²) < 4.78 is 5.31. The maximum absolute atomic E-state index is 9.37. The largest absolute Gasteiger partial charge is 0.508 e. The van der Waals surface area contributed by atoms with Crippen molar-refractivity contribution in [1.29, 1.82) is 0 Å². The molecule has 0 amide bonds. The number of ether oxygens (including phenoxy) is 1. The second-order valence-electron chi connectivity index (χ2n) is 2.84. The normalized spacial score (nSPS) is 9.92. The highest BCUT2D eigenvalue weighted by Gasteiger charge is 2.02. The lowest BCUT2D eigenvalue weighted by Gasteiger charge is -2.08. The average Bonchev–Trinajstić information content (AvgIpc) is 2.01. The van der Waals surface area contributed by atoms with Crippen LogP contribution >= 0.6 is 0 Å². The fraction of sp³-hybridized carbons (Fsp3) is 0.400. The van der Waals surface area contributed by atoms with E-state index in [4.69, 9.17) is 4.74 Å². The number of hydrogen-bond acceptors (Lipinski definition) is 2. The number of aromatic hydroxyl groups is 1. The molecule has 1 aromatic carbocycles. The van der Waals surface area contributed by atoms with E-state index < -0.39 is 0 Å². The van der Waals surface area contributed by atoms with Crippen LogP contribution in [-0.2, 0) is 0 Å². The van der Waals surface area contributed by atoms with Crippen molar-refractivity contribution in [2.24, 2.45) is 0 Å². The van der Waals surface area contributed by atoms with Gasteiger partial charge in [0.15, 0.2) is 0 Å². The summed E-state index contributed by atoms with van der Waals surface area (Å²) in [7, 11) is 0. The van der Waals surface area contributed by atoms with Crippen LogP contribution in [0.1, 0.15) is 18.1 Å². The summed E-state index contributed by atoms with van der Waals surface area (Å²) in [5.74, 6) is 1.06. The molecule has 0 aliphatic heterocycles. The molecule has 0 aromatic heterocycles. The van der Waals surface area contributed by atoms with Crippen LogP contribution < -0.4 is 4.74 Å². The zero-order chi connectivity index (χ0) is 9.14. The molecule has 0 saturated heterocycles. The Morgan fingerprint density at radius 3 is 2.50 bits per heavy atom. The van der Waals surface area contributed by atoms with Crippen LogP contribution in [0.2, 0.25) is 0 Å². The van der Waals surface area contributed by atoms with Crippen molar-refractivity contribution in [2.75, 3.05) is 6.61 Å². The standard InChI is InChI=1S/C10H14O2/c1-4-12-10-6-9(11)7(2)5-8(10)3/h5-6,11H,4H2,1-3H3. The molecule has 1 rings (SSSR count). The molecule has 0 radical (unpaired) electrons. The number of aryl methyl sites for hydroxylation is 2. The highest BCUT2D eigenvalue weighted by molar-refractivity contribution is 5.44. The van der Waals surface area contributed by atoms with Crippen molar-refractivity contribution in [3.05, 3.63) is 23.3 Å². The Hall–Kier alpha value is -1.18. The van der Waals surface area contributed by atoms with E-state index in [0.717, 1.165) is 16.9 Å². The minimum absolute atomic E-state index is 0.295. The zero-order valence-corrected chi connectivity index (χ0v) is 7.72. The Morgan fingerprint density at radius 2 is 1.92 bits per heavy atom. The quantitative estimate of drug-likeness (QED) is 0.731. The minimum atomic E-state index is 0.295. The summed E-state index contributed by atoms with van der Waals surface area (Å²) in [6.45, 7) is 6.40. The highest BCUT2D eigenvalue weighted by Crippen LogP contribution is 2.26. The van der Waals surface area contributed by atoms with Crippen LogP contribution in [0.25, 0.3) is 0 Å². The predicted molar refractivity (Wildman–Crippen MR) is 48.7 cm³/mol. The highest BCUT2D eigenvalue weighted by atomic mass is 16.5. The van der Waals surface area contributed by atoms with Gasteiger partial charge in [-0.2, -0.15) is 0 Å². The average molecular weight is 166 g/mol. The minimum Gasteiger partial charge on any atom is -0.508 e. The van der Waals surface area contributed by atoms with Crippen LogP contribution in [-0.4, -0.2) is 11.7 Å². The second kappa shape index (κ2) is 3.48. The Kier molecular flexibility index (Phi) is 2.58. The molecule has 0 spiro atoms. The fourth-order valence-corrected chi connectivity index (χ4v) is 1.13. The van der Waals surface area contributed by atoms with Crippen LogP contribution in [0.4, 0.5) is 0 Å². The second-order valence-corrected chi connectivity index (χ2v) is 2.84. The van der Waals surface area contributed by atoms with Gasteiger partial charge in [0.05, 0.1) is 6.61 Å². The van der Waals surface area contributed by atoms with E-state index >= 15 is 0 Å². The molecule has 0 unspecified atom stereocenters. The SMILES string of the molecule is CCOc1cc(O)c(C)cc1C. The van der Waals surface area contributed by atoms with Crippen molar-refractivity contribution in [2.45, 2.75) is 20.8 Å². The Labute approximate surface area is 72.8 Å². The van der Waals surface area contributed by atoms with E-state index in [1.165, 1.54) is 0 Å². The molecule has 1 aromatic rings. The fourth-order valence-electron chi connectivity index (χ4n) is 1.13. The maximum atomic E-state index is 9.37. The van der Waals surface area contributed by atoms with Gasteiger partial charge in [0.1, 0.15) is 11.5 Å². The van der Waals surface area contributed by atoms with Crippen molar-refractivity contribution < 1.29 is 9.84 Å². The molecule has 0 aliphatic carbocycles. The monoisotopic (exact) mass is 166 g/mol. The van der Waals surface area contributed by atoms with Crippen molar-refractivity contribution in [1.82, 2.24) is 0 Å². The molecule has 0 aliphatic rings. The van der Waals surface area contributed by atoms with Gasteiger partial charge in [0, 0.05) is 6.07 Å². The number of rotatable bonds is 2. The Bertz CT molecular complexity index is 279. The lowest BCUT2D eigenvalue weighted by atomic mass is 10.1. The Balaban J connectivity index is 3.05. The summed E-state index contributed by atoms with van der Waals surface area (Å²) in [4.78, 5) is 0. The molecule has 2 heteroatoms. The molecule has 0 atom stereocenters. The lowest BCUT2D eigenvalue weighted by molar-refractivity contribution is 0.335. The van der Waals surface area contributed by atoms with Gasteiger partial charge >= 0.3 is 0 Å². The first-order valence-electron chi connectivity index (χ1n) is 4.08. The summed E-state index contributed by atoms with van der Waals surface area (Å²) in [5.41, 5.74) is 1.95. The van der Waals surface area contributed by atoms with Gasteiger partial charge in [-0.15, -0.1) is 0 Å². The van der Waals surface area contributed by atoms with Crippen LogP contribution in [0.15, 0.2) is 12.1 Å². The van der Waals surface area contributed by atoms with Gasteiger partial charge in [-0.25, -0.2) is 0 Å². The third-order valence-electron chi connectivity index (χ3n) is 1.79. The molecule has 2 nitrogen and oxygen atoms in total. The van der Waals surface area contributed by atoms with E-state index in [1.54, 1.807) is 6.07 Å². The number of hydrogen-bond donors (Lipinski definition) is 1. The zero-order valence-electron chi connectivity index (χ0n) is 7.72. The van der Waals surface area contributed by atoms with E-state index in [1.807, 2.05) is 26.8 Å². The smallest absolute Gasteiger partial charge is 0.125 e. The molecule has 66 valence electrons. The van der Waals surface area contributed by atoms with E-state index in [0.29, 0.717) is 12.4 Å². The van der Waals surface area contributed by atoms with Gasteiger partial charge in [-0.1, -0.05) is 0 Å². The van der Waals surface area contributed by atoms with Gasteiger partial charge in [-0.05, 0) is 38.0 Å². The first-order chi connectivity index (χ1) is 5.65. The first kappa shape index (κ1) is 8.91. The van der Waals surface area contributed by atoms with Gasteiger partial charge in [0.25, 0.3) is 0 Å². The van der Waals surface area contributed by atoms with E-state index in [2.05, 4.69) is 0 Å². The summed E-state index contributed by atoms with van der Waals surface area (Å²) >= 11 is 0. The van der Waals surface area contributed by atoms with Crippen molar-refractivity contribution >= 4 is 0 Å². The third-order valence-corrected chi connectivity index (χ3v) is 1.79. The third kappa shape index (κ3) is 1.70. The first-order valence-corrected chi connectivity index (χ1v) is 4.08. The van der Waals surface area contributed by atoms with Crippen LogP contribution in [0, 0.1) is 13.8 Å². The van der Waals surface area contributed by atoms with Gasteiger partial charge in [0.2, 0.25) is 0 Å². The number of phenols is 1. The van der Waals surface area contributed by atoms with Crippen molar-refractivity contribution in [3.8, 4) is 11.5 Å². The van der Waals surface area contributed by atoms with E-state index in [9.17, 15) is 5.11 Å². The lowest BCUT2D eigenvalue weighted by Crippen LogP contribution is -1.94. The Morgan fingerprint density at radius 1 is 1.25 bits per heavy atom. The molecular formula is C10H14O2. The molecule has 12 heavy (non-hydrogen) atoms. The molecule has 0 fully saturated rings. The predicted octanol–water partition coefficient (Wildman–Crippen LogP) is 2.41. The molecule has 1 N–H and O–H groups in total. The van der Waals surface area contributed by atoms with Gasteiger partial charge in [-0.3, -0.25) is 0 Å². The molecule has 0 heterocycles. The summed E-state index contributed by atoms with van der Waals surface area (Å²) in [5, 5.41) is 9.37. The summed E-state index contributed by atoms with van der Waals surface area (Å²) in [6, 6.07) is 3.58. The summed E-state index contributed by atoms with van der Waals surface area (Å²) in [6.07, 6.45) is 0. The van der Waals surface area contributed by atoms with E-state index in [-0.39, 0.29) is 0 Å². The maximum Gasteiger partial charge on any atom is 0.125 e. The van der Waals surface area contributed by atoms with Crippen molar-refractivity contribution in [3.63, 3.8) is 0 Å². The van der Waals surface area contributed by atoms with Crippen LogP contribution in [0.5, 0.6) is 11.5 Å². The van der Waals surface area contributed by atoms with Gasteiger partial charge < -0.3 is 9.84 Å². The number of benzene rings is 1. The topological polar surface area (TPSA) is 29.5 Å². The molecular weight excluding hydrogens is 152 g/mol. The molecule has 0 bridgehead atoms. The molecule has 0 saturated carbocycles. The van der Waals surface area contributed by atoms with Crippen LogP contribution in [0.3, 0.4) is 0 Å².